The highest BCUT2D eigenvalue weighted by Crippen LogP contribution is 2.27. The fourth-order valence-electron chi connectivity index (χ4n) is 3.97. The molecule has 0 bridgehead atoms. The maximum Gasteiger partial charge on any atom is 0.328 e. The molecule has 31 heavy (non-hydrogen) atoms. The molecule has 1 aliphatic rings. The lowest BCUT2D eigenvalue weighted by Crippen LogP contribution is -2.49. The predicted octanol–water partition coefficient (Wildman–Crippen LogP) is 0.473. The van der Waals surface area contributed by atoms with Gasteiger partial charge >= 0.3 is 5.69 Å². The van der Waals surface area contributed by atoms with Gasteiger partial charge in [0, 0.05) is 57.6 Å². The first-order chi connectivity index (χ1) is 14.9. The van der Waals surface area contributed by atoms with E-state index in [2.05, 4.69) is 20.0 Å². The second-order valence-electron chi connectivity index (χ2n) is 7.54. The minimum absolute atomic E-state index is 0.00428. The standard InChI is InChI=1S/C21H25N7O3/c1-15-20(16(2)28(24-15)17-5-3-4-8-22-17)26-13-11-25(12-14-26)19(30)7-10-27-9-6-18(29)23-21(27)31/h3-6,8-9H,7,10-14H2,1-2H3,(H,23,29,31). The summed E-state index contributed by atoms with van der Waals surface area (Å²) in [5.74, 6) is 0.774. The second kappa shape index (κ2) is 8.58. The number of H-pyrrole nitrogens is 1. The minimum atomic E-state index is -0.499. The van der Waals surface area contributed by atoms with Gasteiger partial charge < -0.3 is 14.4 Å². The Balaban J connectivity index is 1.38. The molecule has 0 radical (unpaired) electrons. The van der Waals surface area contributed by atoms with Crippen molar-refractivity contribution >= 4 is 11.6 Å². The van der Waals surface area contributed by atoms with Crippen LogP contribution in [-0.2, 0) is 11.3 Å². The molecule has 1 N–H and O–H groups in total. The molecule has 1 amide bonds. The van der Waals surface area contributed by atoms with Crippen LogP contribution in [0.15, 0.2) is 46.2 Å². The van der Waals surface area contributed by atoms with Gasteiger partial charge in [0.25, 0.3) is 5.56 Å². The van der Waals surface area contributed by atoms with Crippen molar-refractivity contribution in [1.82, 2.24) is 29.2 Å². The van der Waals surface area contributed by atoms with Crippen LogP contribution in [-0.4, -0.2) is 61.3 Å². The number of hydrogen-bond donors (Lipinski definition) is 1. The number of aromatic nitrogens is 5. The van der Waals surface area contributed by atoms with Gasteiger partial charge in [-0.2, -0.15) is 5.10 Å². The summed E-state index contributed by atoms with van der Waals surface area (Å²) in [4.78, 5) is 46.2. The predicted molar refractivity (Wildman–Crippen MR) is 116 cm³/mol. The zero-order valence-electron chi connectivity index (χ0n) is 17.6. The topological polar surface area (TPSA) is 109 Å². The number of rotatable bonds is 5. The van der Waals surface area contributed by atoms with E-state index in [1.54, 1.807) is 6.20 Å². The Morgan fingerprint density at radius 2 is 1.87 bits per heavy atom. The van der Waals surface area contributed by atoms with Gasteiger partial charge in [0.1, 0.15) is 0 Å². The molecule has 162 valence electrons. The number of carbonyl (C=O) groups is 1. The molecule has 1 saturated heterocycles. The lowest BCUT2D eigenvalue weighted by atomic mass is 10.2. The zero-order chi connectivity index (χ0) is 22.0. The summed E-state index contributed by atoms with van der Waals surface area (Å²) in [7, 11) is 0. The Morgan fingerprint density at radius 1 is 1.10 bits per heavy atom. The van der Waals surface area contributed by atoms with Crippen LogP contribution < -0.4 is 16.1 Å². The van der Waals surface area contributed by atoms with Crippen molar-refractivity contribution in [2.24, 2.45) is 0 Å². The lowest BCUT2D eigenvalue weighted by Gasteiger charge is -2.36. The maximum atomic E-state index is 12.6. The fourth-order valence-corrected chi connectivity index (χ4v) is 3.97. The van der Waals surface area contributed by atoms with E-state index in [1.165, 1.54) is 16.8 Å². The average Bonchev–Trinajstić information content (AvgIpc) is 3.07. The number of anilines is 1. The molecule has 10 nitrogen and oxygen atoms in total. The van der Waals surface area contributed by atoms with E-state index >= 15 is 0 Å². The Kier molecular flexibility index (Phi) is 5.70. The van der Waals surface area contributed by atoms with Gasteiger partial charge in [-0.1, -0.05) is 6.07 Å². The third-order valence-electron chi connectivity index (χ3n) is 5.53. The first kappa shape index (κ1) is 20.6. The summed E-state index contributed by atoms with van der Waals surface area (Å²) in [6.45, 7) is 6.88. The maximum absolute atomic E-state index is 12.6. The largest absolute Gasteiger partial charge is 0.365 e. The summed E-state index contributed by atoms with van der Waals surface area (Å²) in [6, 6.07) is 7.01. The monoisotopic (exact) mass is 423 g/mol. The Hall–Kier alpha value is -3.69. The van der Waals surface area contributed by atoms with E-state index in [9.17, 15) is 14.4 Å². The summed E-state index contributed by atoms with van der Waals surface area (Å²) >= 11 is 0. The summed E-state index contributed by atoms with van der Waals surface area (Å²) in [5, 5.41) is 4.66. The van der Waals surface area contributed by atoms with Crippen LogP contribution in [0.3, 0.4) is 0 Å². The zero-order valence-corrected chi connectivity index (χ0v) is 17.6. The van der Waals surface area contributed by atoms with E-state index in [1.807, 2.05) is 41.6 Å². The van der Waals surface area contributed by atoms with E-state index in [-0.39, 0.29) is 18.9 Å². The molecule has 1 aliphatic heterocycles. The SMILES string of the molecule is Cc1nn(-c2ccccn2)c(C)c1N1CCN(C(=O)CCn2ccc(=O)[nH]c2=O)CC1. The minimum Gasteiger partial charge on any atom is -0.365 e. The number of nitrogens with zero attached hydrogens (tertiary/aromatic N) is 6. The van der Waals surface area contributed by atoms with Gasteiger partial charge in [0.15, 0.2) is 5.82 Å². The highest BCUT2D eigenvalue weighted by Gasteiger charge is 2.25. The Morgan fingerprint density at radius 3 is 2.55 bits per heavy atom. The molecule has 0 aromatic carbocycles. The number of aryl methyl sites for hydroxylation is 2. The molecule has 0 aliphatic carbocycles. The number of nitrogens with one attached hydrogen (secondary N) is 1. The third kappa shape index (κ3) is 4.27. The Labute approximate surface area is 178 Å². The molecule has 3 aromatic heterocycles. The smallest absolute Gasteiger partial charge is 0.328 e. The quantitative estimate of drug-likeness (QED) is 0.639. The van der Waals surface area contributed by atoms with Gasteiger partial charge in [-0.05, 0) is 26.0 Å². The van der Waals surface area contributed by atoms with Crippen LogP contribution in [0.25, 0.3) is 5.82 Å². The van der Waals surface area contributed by atoms with Crippen molar-refractivity contribution in [3.8, 4) is 5.82 Å². The van der Waals surface area contributed by atoms with Gasteiger partial charge in [0.05, 0.1) is 17.1 Å². The molecular weight excluding hydrogens is 398 g/mol. The molecule has 0 spiro atoms. The highest BCUT2D eigenvalue weighted by molar-refractivity contribution is 5.76. The number of pyridine rings is 1. The van der Waals surface area contributed by atoms with Crippen LogP contribution in [0.4, 0.5) is 5.69 Å². The highest BCUT2D eigenvalue weighted by atomic mass is 16.2. The van der Waals surface area contributed by atoms with Crippen molar-refractivity contribution in [2.75, 3.05) is 31.1 Å². The number of piperazine rings is 1. The van der Waals surface area contributed by atoms with Crippen LogP contribution >= 0.6 is 0 Å². The van der Waals surface area contributed by atoms with Crippen molar-refractivity contribution in [3.63, 3.8) is 0 Å². The van der Waals surface area contributed by atoms with Gasteiger partial charge in [-0.15, -0.1) is 0 Å². The first-order valence-corrected chi connectivity index (χ1v) is 10.2. The molecule has 0 atom stereocenters. The van der Waals surface area contributed by atoms with Crippen molar-refractivity contribution < 1.29 is 4.79 Å². The van der Waals surface area contributed by atoms with E-state index in [4.69, 9.17) is 0 Å². The number of carbonyl (C=O) groups excluding carboxylic acids is 1. The average molecular weight is 423 g/mol. The molecule has 1 fully saturated rings. The summed E-state index contributed by atoms with van der Waals surface area (Å²) < 4.78 is 3.19. The van der Waals surface area contributed by atoms with Crippen LogP contribution in [0, 0.1) is 13.8 Å². The summed E-state index contributed by atoms with van der Waals surface area (Å²) in [5.41, 5.74) is 2.09. The fraction of sp³-hybridized carbons (Fsp3) is 0.381. The number of aromatic amines is 1. The molecule has 4 heterocycles. The third-order valence-corrected chi connectivity index (χ3v) is 5.53. The first-order valence-electron chi connectivity index (χ1n) is 10.2. The molecule has 0 unspecified atom stereocenters. The molecule has 4 rings (SSSR count). The summed E-state index contributed by atoms with van der Waals surface area (Å²) in [6.07, 6.45) is 3.37. The van der Waals surface area contributed by atoms with E-state index in [0.717, 1.165) is 22.9 Å². The van der Waals surface area contributed by atoms with Gasteiger partial charge in [-0.3, -0.25) is 14.6 Å². The Bertz CT molecular complexity index is 1190. The van der Waals surface area contributed by atoms with Crippen molar-refractivity contribution in [2.45, 2.75) is 26.8 Å². The number of amides is 1. The van der Waals surface area contributed by atoms with Gasteiger partial charge in [-0.25, -0.2) is 14.5 Å². The van der Waals surface area contributed by atoms with Crippen molar-refractivity contribution in [1.29, 1.82) is 0 Å². The van der Waals surface area contributed by atoms with Crippen LogP contribution in [0.1, 0.15) is 17.8 Å². The lowest BCUT2D eigenvalue weighted by molar-refractivity contribution is -0.131. The van der Waals surface area contributed by atoms with E-state index < -0.39 is 11.2 Å². The normalized spacial score (nSPS) is 14.1. The molecule has 10 heteroatoms. The number of hydrogen-bond acceptors (Lipinski definition) is 6. The van der Waals surface area contributed by atoms with Crippen LogP contribution in [0.5, 0.6) is 0 Å². The van der Waals surface area contributed by atoms with Crippen LogP contribution in [0.2, 0.25) is 0 Å². The van der Waals surface area contributed by atoms with Gasteiger partial charge in [0.2, 0.25) is 5.91 Å². The van der Waals surface area contributed by atoms with E-state index in [0.29, 0.717) is 26.2 Å². The molecule has 0 saturated carbocycles. The van der Waals surface area contributed by atoms with Crippen molar-refractivity contribution in [3.05, 3.63) is 68.9 Å². The second-order valence-corrected chi connectivity index (χ2v) is 7.54. The molecule has 3 aromatic rings. The molecular formula is C21H25N7O3.